The van der Waals surface area contributed by atoms with Crippen molar-refractivity contribution >= 4 is 5.97 Å². The van der Waals surface area contributed by atoms with Gasteiger partial charge in [0.1, 0.15) is 11.9 Å². The first kappa shape index (κ1) is 18.7. The first-order valence-corrected chi connectivity index (χ1v) is 11.1. The molecule has 0 bridgehead atoms. The highest BCUT2D eigenvalue weighted by atomic mass is 16.6. The number of furan rings is 1. The van der Waals surface area contributed by atoms with Crippen molar-refractivity contribution in [1.29, 1.82) is 0 Å². The summed E-state index contributed by atoms with van der Waals surface area (Å²) in [5, 5.41) is 3.59. The van der Waals surface area contributed by atoms with Gasteiger partial charge in [0.05, 0.1) is 24.4 Å². The Labute approximate surface area is 167 Å². The maximum Gasteiger partial charge on any atom is 0.310 e. The van der Waals surface area contributed by atoms with E-state index in [1.54, 1.807) is 6.26 Å². The van der Waals surface area contributed by atoms with Crippen LogP contribution in [0.3, 0.4) is 0 Å². The van der Waals surface area contributed by atoms with Gasteiger partial charge in [-0.3, -0.25) is 4.79 Å². The molecule has 1 aromatic heterocycles. The molecule has 0 amide bonds. The molecule has 2 saturated heterocycles. The smallest absolute Gasteiger partial charge is 0.310 e. The molecule has 4 aliphatic rings. The number of carbonyl (C=O) groups excluding carboxylic acids is 1. The number of hydrogen-bond donors (Lipinski definition) is 1. The lowest BCUT2D eigenvalue weighted by atomic mass is 9.53. The maximum atomic E-state index is 12.7. The van der Waals surface area contributed by atoms with Crippen LogP contribution in [0, 0.1) is 23.2 Å². The Kier molecular flexibility index (Phi) is 4.59. The summed E-state index contributed by atoms with van der Waals surface area (Å²) in [5.74, 6) is 1.94. The Hall–Kier alpha value is -1.33. The van der Waals surface area contributed by atoms with Crippen molar-refractivity contribution in [3.63, 3.8) is 0 Å². The predicted molar refractivity (Wildman–Crippen MR) is 105 cm³/mol. The number of epoxide rings is 1. The molecule has 7 atom stereocenters. The maximum absolute atomic E-state index is 12.7. The zero-order valence-corrected chi connectivity index (χ0v) is 17.1. The molecule has 5 heteroatoms. The fourth-order valence-corrected chi connectivity index (χ4v) is 6.43. The van der Waals surface area contributed by atoms with E-state index in [0.717, 1.165) is 44.6 Å². The summed E-state index contributed by atoms with van der Waals surface area (Å²) in [4.78, 5) is 12.7. The molecule has 1 N–H and O–H groups in total. The van der Waals surface area contributed by atoms with E-state index in [-0.39, 0.29) is 29.0 Å². The van der Waals surface area contributed by atoms with Crippen LogP contribution in [0.2, 0.25) is 0 Å². The van der Waals surface area contributed by atoms with Gasteiger partial charge in [0.15, 0.2) is 0 Å². The molecule has 4 fully saturated rings. The topological polar surface area (TPSA) is 64.0 Å². The quantitative estimate of drug-likeness (QED) is 0.595. The van der Waals surface area contributed by atoms with Crippen LogP contribution in [-0.2, 0) is 20.7 Å². The molecule has 154 valence electrons. The van der Waals surface area contributed by atoms with Crippen molar-refractivity contribution < 1.29 is 18.7 Å². The van der Waals surface area contributed by atoms with Gasteiger partial charge in [0.25, 0.3) is 0 Å². The zero-order valence-electron chi connectivity index (χ0n) is 17.1. The van der Waals surface area contributed by atoms with E-state index >= 15 is 0 Å². The zero-order chi connectivity index (χ0) is 19.4. The lowest BCUT2D eigenvalue weighted by molar-refractivity contribution is -0.147. The Balaban J connectivity index is 1.21. The number of fused-ring (bicyclic) bond motifs is 3. The molecule has 0 unspecified atom stereocenters. The van der Waals surface area contributed by atoms with Gasteiger partial charge in [-0.05, 0) is 68.9 Å². The first-order chi connectivity index (χ1) is 13.5. The normalized spacial score (nSPS) is 42.7. The number of esters is 1. The molecule has 1 spiro atoms. The van der Waals surface area contributed by atoms with Crippen LogP contribution in [0.25, 0.3) is 0 Å². The molecule has 0 radical (unpaired) electrons. The highest BCUT2D eigenvalue weighted by molar-refractivity contribution is 5.75. The van der Waals surface area contributed by atoms with E-state index in [0.29, 0.717) is 17.9 Å². The van der Waals surface area contributed by atoms with Crippen LogP contribution in [-0.4, -0.2) is 36.9 Å². The number of aryl methyl sites for hydroxylation is 1. The largest absolute Gasteiger partial charge is 0.469 e. The van der Waals surface area contributed by atoms with E-state index in [1.165, 1.54) is 19.3 Å². The Bertz CT molecular complexity index is 712. The number of hydrogen-bond acceptors (Lipinski definition) is 5. The van der Waals surface area contributed by atoms with Crippen LogP contribution < -0.4 is 5.32 Å². The van der Waals surface area contributed by atoms with Crippen molar-refractivity contribution in [3.8, 4) is 0 Å². The van der Waals surface area contributed by atoms with Crippen molar-refractivity contribution in [2.75, 3.05) is 13.2 Å². The fourth-order valence-electron chi connectivity index (χ4n) is 6.43. The lowest BCUT2D eigenvalue weighted by Crippen LogP contribution is -2.51. The number of nitrogens with one attached hydrogen (secondary N) is 1. The fraction of sp³-hybridized carbons (Fsp3) is 0.783. The third-order valence-electron chi connectivity index (χ3n) is 8.17. The number of carbonyl (C=O) groups is 1. The van der Waals surface area contributed by atoms with Gasteiger partial charge in [-0.25, -0.2) is 0 Å². The molecule has 2 aliphatic carbocycles. The highest BCUT2D eigenvalue weighted by Crippen LogP contribution is 2.62. The minimum absolute atomic E-state index is 0.00810. The Morgan fingerprint density at radius 2 is 2.21 bits per heavy atom. The SMILES string of the molecule is C[C@H](CCc1ccco1)NC[C@@H]1C(=O)O[C@@H]2C[C@@]3(C)CCC[C@]4(CO4)[C@H]3C[C@@H]12. The van der Waals surface area contributed by atoms with E-state index in [4.69, 9.17) is 13.9 Å². The third-order valence-corrected chi connectivity index (χ3v) is 8.17. The second-order valence-corrected chi connectivity index (χ2v) is 10.0. The van der Waals surface area contributed by atoms with Crippen LogP contribution >= 0.6 is 0 Å². The van der Waals surface area contributed by atoms with Gasteiger partial charge < -0.3 is 19.2 Å². The predicted octanol–water partition coefficient (Wildman–Crippen LogP) is 3.72. The van der Waals surface area contributed by atoms with Crippen molar-refractivity contribution in [1.82, 2.24) is 5.32 Å². The summed E-state index contributed by atoms with van der Waals surface area (Å²) in [6.45, 7) is 6.24. The minimum atomic E-state index is -0.0154. The van der Waals surface area contributed by atoms with E-state index < -0.39 is 0 Å². The summed E-state index contributed by atoms with van der Waals surface area (Å²) < 4.78 is 17.3. The molecule has 2 aliphatic heterocycles. The molecule has 1 aromatic rings. The van der Waals surface area contributed by atoms with E-state index in [1.807, 2.05) is 12.1 Å². The summed E-state index contributed by atoms with van der Waals surface area (Å²) >= 11 is 0. The molecule has 2 saturated carbocycles. The highest BCUT2D eigenvalue weighted by Gasteiger charge is 2.64. The van der Waals surface area contributed by atoms with Crippen molar-refractivity contribution in [2.24, 2.45) is 23.2 Å². The van der Waals surface area contributed by atoms with Crippen molar-refractivity contribution in [3.05, 3.63) is 24.2 Å². The number of ether oxygens (including phenoxy) is 2. The molecular weight excluding hydrogens is 354 g/mol. The Morgan fingerprint density at radius 1 is 1.36 bits per heavy atom. The monoisotopic (exact) mass is 387 g/mol. The average Bonchev–Trinajstić information content (AvgIpc) is 3.11. The molecule has 5 rings (SSSR count). The summed E-state index contributed by atoms with van der Waals surface area (Å²) in [6, 6.07) is 4.30. The molecule has 0 aromatic carbocycles. The molecule has 3 heterocycles. The molecule has 5 nitrogen and oxygen atoms in total. The van der Waals surface area contributed by atoms with Gasteiger partial charge >= 0.3 is 5.97 Å². The summed E-state index contributed by atoms with van der Waals surface area (Å²) in [5.41, 5.74) is 0.396. The Morgan fingerprint density at radius 3 is 2.96 bits per heavy atom. The second-order valence-electron chi connectivity index (χ2n) is 10.0. The second kappa shape index (κ2) is 6.88. The van der Waals surface area contributed by atoms with Gasteiger partial charge in [-0.1, -0.05) is 6.92 Å². The molecule has 28 heavy (non-hydrogen) atoms. The van der Waals surface area contributed by atoms with Crippen LogP contribution in [0.1, 0.15) is 58.1 Å². The van der Waals surface area contributed by atoms with Crippen LogP contribution in [0.15, 0.2) is 22.8 Å². The minimum Gasteiger partial charge on any atom is -0.469 e. The van der Waals surface area contributed by atoms with Gasteiger partial charge in [-0.2, -0.15) is 0 Å². The first-order valence-electron chi connectivity index (χ1n) is 11.1. The summed E-state index contributed by atoms with van der Waals surface area (Å²) in [7, 11) is 0. The lowest BCUT2D eigenvalue weighted by Gasteiger charge is -2.51. The van der Waals surface area contributed by atoms with Gasteiger partial charge in [-0.15, -0.1) is 0 Å². The average molecular weight is 388 g/mol. The third kappa shape index (κ3) is 3.21. The van der Waals surface area contributed by atoms with Gasteiger partial charge in [0.2, 0.25) is 0 Å². The van der Waals surface area contributed by atoms with Crippen LogP contribution in [0.4, 0.5) is 0 Å². The van der Waals surface area contributed by atoms with Gasteiger partial charge in [0, 0.05) is 24.9 Å². The van der Waals surface area contributed by atoms with Crippen molar-refractivity contribution in [2.45, 2.75) is 76.5 Å². The molecular formula is C23H33NO4. The summed E-state index contributed by atoms with van der Waals surface area (Å²) in [6.07, 6.45) is 9.54. The van der Waals surface area contributed by atoms with E-state index in [2.05, 4.69) is 19.2 Å². The van der Waals surface area contributed by atoms with Crippen LogP contribution in [0.5, 0.6) is 0 Å². The standard InChI is InChI=1S/C23H33NO4/c1-15(6-7-16-5-3-10-26-16)24-13-18-17-11-20-22(2,12-19(17)28-21(18)25)8-4-9-23(20)14-27-23/h3,5,10,15,17-20,24H,4,6-9,11-14H2,1-2H3/t15-,17+,18+,19-,20+,22-,23+/m1/s1. The number of rotatable bonds is 6. The van der Waals surface area contributed by atoms with E-state index in [9.17, 15) is 4.79 Å².